The number of anilines is 2. The van der Waals surface area contributed by atoms with E-state index in [1.165, 1.54) is 0 Å². The second kappa shape index (κ2) is 4.82. The van der Waals surface area contributed by atoms with E-state index in [1.807, 2.05) is 0 Å². The monoisotopic (exact) mass is 184 g/mol. The van der Waals surface area contributed by atoms with Crippen LogP contribution in [0.5, 0.6) is 0 Å². The first-order valence-electron chi connectivity index (χ1n) is 3.63. The summed E-state index contributed by atoms with van der Waals surface area (Å²) in [5.41, 5.74) is 6.01. The first-order valence-corrected chi connectivity index (χ1v) is 5.02. The van der Waals surface area contributed by atoms with Crippen LogP contribution in [0.25, 0.3) is 0 Å². The highest BCUT2D eigenvalue weighted by Crippen LogP contribution is 2.00. The number of thioether (sulfide) groups is 1. The van der Waals surface area contributed by atoms with Crippen LogP contribution in [0, 0.1) is 0 Å². The number of hydrogen-bond donors (Lipinski definition) is 2. The Morgan fingerprint density at radius 2 is 2.17 bits per heavy atom. The van der Waals surface area contributed by atoms with Gasteiger partial charge in [-0.15, -0.1) is 0 Å². The zero-order valence-electron chi connectivity index (χ0n) is 6.95. The van der Waals surface area contributed by atoms with Gasteiger partial charge in [0.1, 0.15) is 0 Å². The normalized spacial score (nSPS) is 9.75. The van der Waals surface area contributed by atoms with Crippen LogP contribution in [0.15, 0.2) is 12.4 Å². The Hall–Kier alpha value is -0.970. The molecule has 0 amide bonds. The molecule has 1 heterocycles. The van der Waals surface area contributed by atoms with Crippen LogP contribution in [0.1, 0.15) is 0 Å². The minimum atomic E-state index is 0.588. The van der Waals surface area contributed by atoms with Gasteiger partial charge in [-0.05, 0) is 6.26 Å². The van der Waals surface area contributed by atoms with Crippen molar-refractivity contribution in [2.75, 3.05) is 29.6 Å². The fourth-order valence-electron chi connectivity index (χ4n) is 0.694. The zero-order chi connectivity index (χ0) is 8.81. The molecule has 0 saturated heterocycles. The van der Waals surface area contributed by atoms with E-state index in [1.54, 1.807) is 24.2 Å². The highest BCUT2D eigenvalue weighted by molar-refractivity contribution is 7.98. The molecule has 0 atom stereocenters. The number of nitrogens with two attached hydrogens (primary N) is 1. The van der Waals surface area contributed by atoms with Gasteiger partial charge in [0.15, 0.2) is 0 Å². The Balaban J connectivity index is 2.37. The van der Waals surface area contributed by atoms with Crippen LogP contribution >= 0.6 is 11.8 Å². The molecule has 0 aliphatic carbocycles. The van der Waals surface area contributed by atoms with Crippen molar-refractivity contribution in [1.29, 1.82) is 0 Å². The summed E-state index contributed by atoms with van der Waals surface area (Å²) in [6.07, 6.45) is 5.24. The predicted molar refractivity (Wildman–Crippen MR) is 53.3 cm³/mol. The Kier molecular flexibility index (Phi) is 3.66. The van der Waals surface area contributed by atoms with Crippen LogP contribution < -0.4 is 11.1 Å². The average Bonchev–Trinajstić information content (AvgIpc) is 2.09. The van der Waals surface area contributed by atoms with E-state index < -0.39 is 0 Å². The summed E-state index contributed by atoms with van der Waals surface area (Å²) in [5, 5.41) is 3.07. The molecule has 0 radical (unpaired) electrons. The molecule has 0 fully saturated rings. The Labute approximate surface area is 76.0 Å². The van der Waals surface area contributed by atoms with Gasteiger partial charge < -0.3 is 11.1 Å². The highest BCUT2D eigenvalue weighted by Gasteiger charge is 1.92. The van der Waals surface area contributed by atoms with Crippen LogP contribution in [0.2, 0.25) is 0 Å². The molecule has 0 aliphatic heterocycles. The van der Waals surface area contributed by atoms with Crippen molar-refractivity contribution < 1.29 is 0 Å². The van der Waals surface area contributed by atoms with E-state index in [0.29, 0.717) is 11.6 Å². The maximum atomic E-state index is 5.42. The molecule has 1 aromatic heterocycles. The lowest BCUT2D eigenvalue weighted by molar-refractivity contribution is 1.09. The first kappa shape index (κ1) is 9.12. The van der Waals surface area contributed by atoms with Gasteiger partial charge in [0, 0.05) is 12.3 Å². The lowest BCUT2D eigenvalue weighted by Crippen LogP contribution is -2.07. The molecular formula is C7H12N4S. The third-order valence-electron chi connectivity index (χ3n) is 1.26. The third kappa shape index (κ3) is 2.96. The number of nitrogen functional groups attached to an aromatic ring is 1. The minimum absolute atomic E-state index is 0.588. The van der Waals surface area contributed by atoms with Crippen LogP contribution in [-0.2, 0) is 0 Å². The van der Waals surface area contributed by atoms with E-state index in [2.05, 4.69) is 21.5 Å². The van der Waals surface area contributed by atoms with E-state index in [-0.39, 0.29) is 0 Å². The lowest BCUT2D eigenvalue weighted by Gasteiger charge is -2.01. The van der Waals surface area contributed by atoms with Gasteiger partial charge in [-0.2, -0.15) is 11.8 Å². The van der Waals surface area contributed by atoms with Crippen molar-refractivity contribution in [3.63, 3.8) is 0 Å². The molecular weight excluding hydrogens is 172 g/mol. The van der Waals surface area contributed by atoms with Crippen LogP contribution in [0.4, 0.5) is 11.6 Å². The van der Waals surface area contributed by atoms with Gasteiger partial charge in [0.05, 0.1) is 18.1 Å². The summed E-state index contributed by atoms with van der Waals surface area (Å²) in [4.78, 5) is 7.99. The molecule has 0 bridgehead atoms. The predicted octanol–water partition coefficient (Wildman–Crippen LogP) is 0.834. The lowest BCUT2D eigenvalue weighted by atomic mass is 10.6. The summed E-state index contributed by atoms with van der Waals surface area (Å²) in [6, 6.07) is 0. The summed E-state index contributed by atoms with van der Waals surface area (Å²) < 4.78 is 0. The molecule has 0 aromatic carbocycles. The fraction of sp³-hybridized carbons (Fsp3) is 0.429. The summed E-state index contributed by atoms with van der Waals surface area (Å²) in [7, 11) is 0. The van der Waals surface area contributed by atoms with Crippen LogP contribution in [0.3, 0.4) is 0 Å². The summed E-state index contributed by atoms with van der Waals surface area (Å²) in [5.74, 6) is 1.69. The van der Waals surface area contributed by atoms with E-state index in [4.69, 9.17) is 5.73 Å². The van der Waals surface area contributed by atoms with Crippen molar-refractivity contribution in [1.82, 2.24) is 9.97 Å². The second-order valence-electron chi connectivity index (χ2n) is 2.26. The van der Waals surface area contributed by atoms with Gasteiger partial charge in [-0.3, -0.25) is 0 Å². The van der Waals surface area contributed by atoms with Gasteiger partial charge in [-0.1, -0.05) is 0 Å². The highest BCUT2D eigenvalue weighted by atomic mass is 32.2. The Morgan fingerprint density at radius 1 is 1.50 bits per heavy atom. The van der Waals surface area contributed by atoms with E-state index >= 15 is 0 Å². The second-order valence-corrected chi connectivity index (χ2v) is 3.25. The molecule has 66 valence electrons. The van der Waals surface area contributed by atoms with Gasteiger partial charge >= 0.3 is 0 Å². The molecule has 1 aromatic rings. The minimum Gasteiger partial charge on any atom is -0.396 e. The molecule has 12 heavy (non-hydrogen) atoms. The maximum absolute atomic E-state index is 5.42. The molecule has 0 saturated carbocycles. The van der Waals surface area contributed by atoms with Crippen molar-refractivity contribution in [2.45, 2.75) is 0 Å². The average molecular weight is 184 g/mol. The standard InChI is InChI=1S/C7H12N4S/c1-12-3-2-9-7-10-4-6(8)5-11-7/h4-5H,2-3,8H2,1H3,(H,9,10,11). The third-order valence-corrected chi connectivity index (χ3v) is 1.87. The first-order chi connectivity index (χ1) is 5.83. The van der Waals surface area contributed by atoms with Crippen molar-refractivity contribution in [2.24, 2.45) is 0 Å². The smallest absolute Gasteiger partial charge is 0.222 e. The van der Waals surface area contributed by atoms with Gasteiger partial charge in [-0.25, -0.2) is 9.97 Å². The fourth-order valence-corrected chi connectivity index (χ4v) is 1.00. The molecule has 0 spiro atoms. The molecule has 4 nitrogen and oxygen atoms in total. The van der Waals surface area contributed by atoms with Crippen LogP contribution in [-0.4, -0.2) is 28.5 Å². The van der Waals surface area contributed by atoms with Crippen molar-refractivity contribution in [3.8, 4) is 0 Å². The number of nitrogens with zero attached hydrogens (tertiary/aromatic N) is 2. The zero-order valence-corrected chi connectivity index (χ0v) is 7.77. The number of hydrogen-bond acceptors (Lipinski definition) is 5. The molecule has 5 heteroatoms. The number of nitrogens with one attached hydrogen (secondary N) is 1. The summed E-state index contributed by atoms with van der Waals surface area (Å²) >= 11 is 1.78. The van der Waals surface area contributed by atoms with E-state index in [0.717, 1.165) is 12.3 Å². The molecule has 0 aliphatic rings. The van der Waals surface area contributed by atoms with Gasteiger partial charge in [0.2, 0.25) is 5.95 Å². The van der Waals surface area contributed by atoms with Gasteiger partial charge in [0.25, 0.3) is 0 Å². The molecule has 0 unspecified atom stereocenters. The van der Waals surface area contributed by atoms with Crippen molar-refractivity contribution in [3.05, 3.63) is 12.4 Å². The maximum Gasteiger partial charge on any atom is 0.222 e. The largest absolute Gasteiger partial charge is 0.396 e. The summed E-state index contributed by atoms with van der Waals surface area (Å²) in [6.45, 7) is 0.880. The Morgan fingerprint density at radius 3 is 2.75 bits per heavy atom. The molecule has 3 N–H and O–H groups in total. The SMILES string of the molecule is CSCCNc1ncc(N)cn1. The molecule has 1 rings (SSSR count). The van der Waals surface area contributed by atoms with E-state index in [9.17, 15) is 0 Å². The Bertz CT molecular complexity index is 223. The quantitative estimate of drug-likeness (QED) is 0.679. The number of rotatable bonds is 4. The van der Waals surface area contributed by atoms with Crippen molar-refractivity contribution >= 4 is 23.4 Å². The topological polar surface area (TPSA) is 63.8 Å². The number of aromatic nitrogens is 2.